The molecule has 0 N–H and O–H groups in total. The summed E-state index contributed by atoms with van der Waals surface area (Å²) in [7, 11) is 0. The highest BCUT2D eigenvalue weighted by Crippen LogP contribution is 2.29. The molecular weight excluding hydrogens is 336 g/mol. The van der Waals surface area contributed by atoms with Crippen LogP contribution in [0.1, 0.15) is 48.0 Å². The Bertz CT molecular complexity index is 794. The van der Waals surface area contributed by atoms with Gasteiger partial charge in [0, 0.05) is 37.0 Å². The van der Waals surface area contributed by atoms with Crippen LogP contribution in [0.15, 0.2) is 42.6 Å². The quantitative estimate of drug-likeness (QED) is 0.759. The van der Waals surface area contributed by atoms with E-state index in [1.807, 2.05) is 35.2 Å². The van der Waals surface area contributed by atoms with Gasteiger partial charge in [-0.1, -0.05) is 24.6 Å². The molecule has 1 amide bonds. The Morgan fingerprint density at radius 2 is 2.04 bits per heavy atom. The summed E-state index contributed by atoms with van der Waals surface area (Å²) in [6, 6.07) is 11.9. The summed E-state index contributed by atoms with van der Waals surface area (Å²) < 4.78 is 5.81. The second-order valence-electron chi connectivity index (χ2n) is 7.89. The highest BCUT2D eigenvalue weighted by atomic mass is 16.5. The Balaban J connectivity index is 1.56. The molecule has 4 heteroatoms. The standard InChI is InChI=1S/C23H28N2O2/c1-17-6-4-12-24-22(17)19-9-3-10-20(14-19)23(26)25(15-18-7-2-8-18)16-21-11-5-13-27-21/h3-4,6,9-10,12,14,18,21H,2,5,7-8,11,13,15-16H2,1H3. The molecule has 142 valence electrons. The molecule has 1 aromatic carbocycles. The van der Waals surface area contributed by atoms with Crippen molar-refractivity contribution in [2.75, 3.05) is 19.7 Å². The molecule has 1 saturated carbocycles. The Morgan fingerprint density at radius 3 is 2.74 bits per heavy atom. The first kappa shape index (κ1) is 18.2. The van der Waals surface area contributed by atoms with Crippen molar-refractivity contribution in [1.82, 2.24) is 9.88 Å². The molecule has 0 radical (unpaired) electrons. The molecule has 2 heterocycles. The van der Waals surface area contributed by atoms with Gasteiger partial charge in [-0.05, 0) is 62.3 Å². The van der Waals surface area contributed by atoms with Crippen molar-refractivity contribution in [3.63, 3.8) is 0 Å². The largest absolute Gasteiger partial charge is 0.376 e. The zero-order valence-electron chi connectivity index (χ0n) is 16.1. The van der Waals surface area contributed by atoms with Crippen LogP contribution >= 0.6 is 0 Å². The van der Waals surface area contributed by atoms with Gasteiger partial charge in [-0.15, -0.1) is 0 Å². The lowest BCUT2D eigenvalue weighted by Gasteiger charge is -2.33. The molecule has 0 bridgehead atoms. The number of amides is 1. The molecule has 1 unspecified atom stereocenters. The van der Waals surface area contributed by atoms with Gasteiger partial charge in [0.05, 0.1) is 11.8 Å². The van der Waals surface area contributed by atoms with Gasteiger partial charge in [0.15, 0.2) is 0 Å². The van der Waals surface area contributed by atoms with Crippen LogP contribution in [0.3, 0.4) is 0 Å². The fourth-order valence-corrected chi connectivity index (χ4v) is 4.03. The van der Waals surface area contributed by atoms with E-state index >= 15 is 0 Å². The first-order valence-corrected chi connectivity index (χ1v) is 10.1. The van der Waals surface area contributed by atoms with Crippen molar-refractivity contribution in [1.29, 1.82) is 0 Å². The number of aryl methyl sites for hydroxylation is 1. The maximum atomic E-state index is 13.3. The predicted octanol–water partition coefficient (Wildman–Crippen LogP) is 4.48. The van der Waals surface area contributed by atoms with Gasteiger partial charge in [-0.3, -0.25) is 9.78 Å². The SMILES string of the molecule is Cc1cccnc1-c1cccc(C(=O)N(CC2CCC2)CC2CCCO2)c1. The van der Waals surface area contributed by atoms with Gasteiger partial charge in [-0.25, -0.2) is 0 Å². The smallest absolute Gasteiger partial charge is 0.253 e. The summed E-state index contributed by atoms with van der Waals surface area (Å²) in [6.07, 6.45) is 7.92. The van der Waals surface area contributed by atoms with E-state index in [9.17, 15) is 4.79 Å². The molecule has 2 aliphatic rings. The van der Waals surface area contributed by atoms with E-state index in [4.69, 9.17) is 4.74 Å². The zero-order chi connectivity index (χ0) is 18.6. The lowest BCUT2D eigenvalue weighted by molar-refractivity contribution is 0.0448. The summed E-state index contributed by atoms with van der Waals surface area (Å²) in [5.74, 6) is 0.768. The maximum Gasteiger partial charge on any atom is 0.253 e. The highest BCUT2D eigenvalue weighted by molar-refractivity contribution is 5.95. The molecule has 2 aromatic rings. The Kier molecular flexibility index (Phi) is 5.53. The number of nitrogens with zero attached hydrogens (tertiary/aromatic N) is 2. The second kappa shape index (κ2) is 8.22. The first-order chi connectivity index (χ1) is 13.2. The van der Waals surface area contributed by atoms with Crippen LogP contribution < -0.4 is 0 Å². The second-order valence-corrected chi connectivity index (χ2v) is 7.89. The first-order valence-electron chi connectivity index (χ1n) is 10.1. The number of pyridine rings is 1. The number of hydrogen-bond acceptors (Lipinski definition) is 3. The average molecular weight is 364 g/mol. The number of ether oxygens (including phenoxy) is 1. The number of benzene rings is 1. The average Bonchev–Trinajstić information content (AvgIpc) is 3.16. The van der Waals surface area contributed by atoms with Crippen molar-refractivity contribution in [2.24, 2.45) is 5.92 Å². The van der Waals surface area contributed by atoms with Crippen molar-refractivity contribution in [3.05, 3.63) is 53.7 Å². The fraction of sp³-hybridized carbons (Fsp3) is 0.478. The van der Waals surface area contributed by atoms with E-state index in [-0.39, 0.29) is 12.0 Å². The summed E-state index contributed by atoms with van der Waals surface area (Å²) in [6.45, 7) is 4.44. The summed E-state index contributed by atoms with van der Waals surface area (Å²) >= 11 is 0. The molecule has 27 heavy (non-hydrogen) atoms. The third-order valence-corrected chi connectivity index (χ3v) is 5.83. The van der Waals surface area contributed by atoms with Crippen LogP contribution in [0.2, 0.25) is 0 Å². The van der Waals surface area contributed by atoms with Crippen molar-refractivity contribution < 1.29 is 9.53 Å². The minimum absolute atomic E-state index is 0.118. The maximum absolute atomic E-state index is 13.3. The number of rotatable bonds is 6. The van der Waals surface area contributed by atoms with Gasteiger partial charge in [0.25, 0.3) is 5.91 Å². The fourth-order valence-electron chi connectivity index (χ4n) is 4.03. The lowest BCUT2D eigenvalue weighted by Crippen LogP contribution is -2.41. The minimum atomic E-state index is 0.118. The molecule has 1 atom stereocenters. The normalized spacial score (nSPS) is 19.7. The van der Waals surface area contributed by atoms with Crippen molar-refractivity contribution in [3.8, 4) is 11.3 Å². The predicted molar refractivity (Wildman–Crippen MR) is 107 cm³/mol. The molecule has 1 aromatic heterocycles. The van der Waals surface area contributed by atoms with E-state index in [2.05, 4.69) is 18.0 Å². The molecule has 1 aliphatic heterocycles. The highest BCUT2D eigenvalue weighted by Gasteiger charge is 2.28. The molecule has 1 aliphatic carbocycles. The Labute approximate surface area is 161 Å². The van der Waals surface area contributed by atoms with Crippen LogP contribution in [0.25, 0.3) is 11.3 Å². The third kappa shape index (κ3) is 4.22. The van der Waals surface area contributed by atoms with Crippen LogP contribution in [-0.2, 0) is 4.74 Å². The Morgan fingerprint density at radius 1 is 1.15 bits per heavy atom. The van der Waals surface area contributed by atoms with E-state index in [1.54, 1.807) is 6.20 Å². The van der Waals surface area contributed by atoms with Gasteiger partial charge in [0.2, 0.25) is 0 Å². The summed E-state index contributed by atoms with van der Waals surface area (Å²) in [4.78, 5) is 19.9. The van der Waals surface area contributed by atoms with E-state index in [1.165, 1.54) is 19.3 Å². The van der Waals surface area contributed by atoms with Crippen LogP contribution in [0.5, 0.6) is 0 Å². The molecule has 2 fully saturated rings. The lowest BCUT2D eigenvalue weighted by atomic mass is 9.85. The molecule has 0 spiro atoms. The van der Waals surface area contributed by atoms with Gasteiger partial charge in [0.1, 0.15) is 0 Å². The monoisotopic (exact) mass is 364 g/mol. The topological polar surface area (TPSA) is 42.4 Å². The molecule has 1 saturated heterocycles. The zero-order valence-corrected chi connectivity index (χ0v) is 16.1. The van der Waals surface area contributed by atoms with E-state index in [0.29, 0.717) is 12.5 Å². The number of carbonyl (C=O) groups is 1. The minimum Gasteiger partial charge on any atom is -0.376 e. The van der Waals surface area contributed by atoms with Crippen LogP contribution in [-0.4, -0.2) is 41.6 Å². The van der Waals surface area contributed by atoms with E-state index in [0.717, 1.165) is 48.4 Å². The third-order valence-electron chi connectivity index (χ3n) is 5.83. The molecule has 4 nitrogen and oxygen atoms in total. The van der Waals surface area contributed by atoms with Gasteiger partial charge < -0.3 is 9.64 Å². The van der Waals surface area contributed by atoms with Gasteiger partial charge in [-0.2, -0.15) is 0 Å². The van der Waals surface area contributed by atoms with Gasteiger partial charge >= 0.3 is 0 Å². The number of hydrogen-bond donors (Lipinski definition) is 0. The Hall–Kier alpha value is -2.20. The molecule has 4 rings (SSSR count). The van der Waals surface area contributed by atoms with Crippen LogP contribution in [0.4, 0.5) is 0 Å². The summed E-state index contributed by atoms with van der Waals surface area (Å²) in [5, 5.41) is 0. The van der Waals surface area contributed by atoms with Crippen molar-refractivity contribution in [2.45, 2.75) is 45.1 Å². The van der Waals surface area contributed by atoms with E-state index < -0.39 is 0 Å². The number of aromatic nitrogens is 1. The molecular formula is C23H28N2O2. The number of carbonyl (C=O) groups excluding carboxylic acids is 1. The van der Waals surface area contributed by atoms with Crippen LogP contribution in [0, 0.1) is 12.8 Å². The summed E-state index contributed by atoms with van der Waals surface area (Å²) in [5.41, 5.74) is 3.80. The van der Waals surface area contributed by atoms with Crippen molar-refractivity contribution >= 4 is 5.91 Å².